The summed E-state index contributed by atoms with van der Waals surface area (Å²) in [6, 6.07) is 0. The third-order valence-corrected chi connectivity index (χ3v) is 3.48. The van der Waals surface area contributed by atoms with Gasteiger partial charge in [-0.1, -0.05) is 26.0 Å². The van der Waals surface area contributed by atoms with Crippen LogP contribution in [-0.4, -0.2) is 0 Å². The maximum Gasteiger partial charge on any atom is -0.0225 e. The third-order valence-electron chi connectivity index (χ3n) is 3.48. The van der Waals surface area contributed by atoms with Crippen molar-refractivity contribution in [2.24, 2.45) is 23.7 Å². The lowest BCUT2D eigenvalue weighted by atomic mass is 9.80. The van der Waals surface area contributed by atoms with Crippen molar-refractivity contribution in [3.63, 3.8) is 0 Å². The summed E-state index contributed by atoms with van der Waals surface area (Å²) in [4.78, 5) is 0. The monoisotopic (exact) mass is 164 g/mol. The Morgan fingerprint density at radius 3 is 1.75 bits per heavy atom. The average molecular weight is 164 g/mol. The molecule has 0 N–H and O–H groups in total. The molecule has 0 radical (unpaired) electrons. The van der Waals surface area contributed by atoms with Crippen molar-refractivity contribution < 1.29 is 0 Å². The van der Waals surface area contributed by atoms with Crippen molar-refractivity contribution >= 4 is 0 Å². The second kappa shape index (κ2) is 3.24. The highest BCUT2D eigenvalue weighted by atomic mass is 14.3. The van der Waals surface area contributed by atoms with Crippen molar-refractivity contribution in [2.75, 3.05) is 0 Å². The van der Waals surface area contributed by atoms with Gasteiger partial charge in [-0.15, -0.1) is 0 Å². The van der Waals surface area contributed by atoms with Crippen molar-refractivity contribution in [2.45, 2.75) is 39.5 Å². The lowest BCUT2D eigenvalue weighted by Crippen LogP contribution is -2.14. The van der Waals surface area contributed by atoms with Crippen LogP contribution in [0.4, 0.5) is 0 Å². The number of allylic oxidation sites excluding steroid dienone is 2. The highest BCUT2D eigenvalue weighted by Crippen LogP contribution is 2.38. The van der Waals surface area contributed by atoms with Gasteiger partial charge in [0, 0.05) is 0 Å². The molecule has 0 aromatic rings. The summed E-state index contributed by atoms with van der Waals surface area (Å²) in [6.45, 7) is 4.84. The first-order chi connectivity index (χ1) is 5.74. The zero-order valence-corrected chi connectivity index (χ0v) is 8.29. The Morgan fingerprint density at radius 2 is 1.25 bits per heavy atom. The van der Waals surface area contributed by atoms with Crippen LogP contribution in [0.5, 0.6) is 0 Å². The normalized spacial score (nSPS) is 47.2. The molecule has 0 aliphatic heterocycles. The molecule has 1 fully saturated rings. The van der Waals surface area contributed by atoms with Crippen LogP contribution in [0, 0.1) is 23.7 Å². The molecule has 0 amide bonds. The van der Waals surface area contributed by atoms with Crippen molar-refractivity contribution in [3.8, 4) is 0 Å². The van der Waals surface area contributed by atoms with Gasteiger partial charge in [0.2, 0.25) is 0 Å². The predicted octanol–water partition coefficient (Wildman–Crippen LogP) is 3.63. The van der Waals surface area contributed by atoms with Crippen LogP contribution in [-0.2, 0) is 0 Å². The molecular weight excluding hydrogens is 144 g/mol. The fourth-order valence-corrected chi connectivity index (χ4v) is 3.12. The molecule has 2 bridgehead atoms. The molecule has 0 spiro atoms. The quantitative estimate of drug-likeness (QED) is 0.479. The summed E-state index contributed by atoms with van der Waals surface area (Å²) in [5.41, 5.74) is 0. The van der Waals surface area contributed by atoms with Crippen LogP contribution in [0.2, 0.25) is 0 Å². The second-order valence-electron chi connectivity index (χ2n) is 5.06. The zero-order valence-electron chi connectivity index (χ0n) is 8.29. The molecule has 2 rings (SSSR count). The Kier molecular flexibility index (Phi) is 2.25. The van der Waals surface area contributed by atoms with Crippen molar-refractivity contribution in [3.05, 3.63) is 12.2 Å². The Balaban J connectivity index is 2.04. The molecule has 2 aliphatic rings. The minimum Gasteiger partial charge on any atom is -0.0851 e. The third kappa shape index (κ3) is 1.73. The molecule has 0 aromatic carbocycles. The summed E-state index contributed by atoms with van der Waals surface area (Å²) >= 11 is 0. The summed E-state index contributed by atoms with van der Waals surface area (Å²) in [5.74, 6) is 3.76. The summed E-state index contributed by atoms with van der Waals surface area (Å²) in [6.07, 6.45) is 10.7. The Hall–Kier alpha value is -0.260. The van der Waals surface area contributed by atoms with Crippen molar-refractivity contribution in [1.29, 1.82) is 0 Å². The molecular formula is C12H20. The number of fused-ring (bicyclic) bond motifs is 2. The first kappa shape index (κ1) is 8.34. The molecule has 0 heteroatoms. The standard InChI is InChI=1S/C12H20/c1-9-5-10(2)7-12-4-3-11(6-9)8-12/h3-4,9-12H,5-8H2,1-2H3. The maximum absolute atomic E-state index is 2.47. The molecule has 0 heterocycles. The van der Waals surface area contributed by atoms with Gasteiger partial charge >= 0.3 is 0 Å². The fourth-order valence-electron chi connectivity index (χ4n) is 3.12. The van der Waals surface area contributed by atoms with E-state index in [0.717, 1.165) is 23.7 Å². The molecule has 1 saturated carbocycles. The largest absolute Gasteiger partial charge is 0.0851 e. The van der Waals surface area contributed by atoms with Crippen LogP contribution in [0.3, 0.4) is 0 Å². The van der Waals surface area contributed by atoms with E-state index >= 15 is 0 Å². The molecule has 0 nitrogen and oxygen atoms in total. The van der Waals surface area contributed by atoms with Crippen LogP contribution in [0.1, 0.15) is 39.5 Å². The maximum atomic E-state index is 2.47. The lowest BCUT2D eigenvalue weighted by Gasteiger charge is -2.25. The second-order valence-corrected chi connectivity index (χ2v) is 5.06. The SMILES string of the molecule is CC1CC(C)CC2C=CC(C1)C2. The molecule has 2 aliphatic carbocycles. The predicted molar refractivity (Wildman–Crippen MR) is 52.9 cm³/mol. The van der Waals surface area contributed by atoms with Gasteiger partial charge in [0.25, 0.3) is 0 Å². The van der Waals surface area contributed by atoms with Crippen LogP contribution < -0.4 is 0 Å². The van der Waals surface area contributed by atoms with E-state index in [0.29, 0.717) is 0 Å². The zero-order chi connectivity index (χ0) is 8.55. The number of rotatable bonds is 0. The summed E-state index contributed by atoms with van der Waals surface area (Å²) in [7, 11) is 0. The van der Waals surface area contributed by atoms with Gasteiger partial charge in [-0.25, -0.2) is 0 Å². The minimum atomic E-state index is 0.928. The topological polar surface area (TPSA) is 0 Å². The van der Waals surface area contributed by atoms with Gasteiger partial charge in [-0.3, -0.25) is 0 Å². The van der Waals surface area contributed by atoms with E-state index in [-0.39, 0.29) is 0 Å². The highest BCUT2D eigenvalue weighted by Gasteiger charge is 2.26. The molecule has 0 saturated heterocycles. The van der Waals surface area contributed by atoms with E-state index in [1.807, 2.05) is 0 Å². The Morgan fingerprint density at radius 1 is 0.750 bits per heavy atom. The van der Waals surface area contributed by atoms with Gasteiger partial charge in [-0.05, 0) is 49.4 Å². The summed E-state index contributed by atoms with van der Waals surface area (Å²) in [5, 5.41) is 0. The number of hydrogen-bond donors (Lipinski definition) is 0. The number of hydrogen-bond acceptors (Lipinski definition) is 0. The van der Waals surface area contributed by atoms with E-state index in [4.69, 9.17) is 0 Å². The molecule has 4 unspecified atom stereocenters. The van der Waals surface area contributed by atoms with Crippen LogP contribution in [0.25, 0.3) is 0 Å². The molecule has 4 atom stereocenters. The van der Waals surface area contributed by atoms with Gasteiger partial charge in [0.05, 0.1) is 0 Å². The van der Waals surface area contributed by atoms with Crippen LogP contribution >= 0.6 is 0 Å². The molecule has 0 aromatic heterocycles. The van der Waals surface area contributed by atoms with Gasteiger partial charge < -0.3 is 0 Å². The van der Waals surface area contributed by atoms with Crippen molar-refractivity contribution in [1.82, 2.24) is 0 Å². The smallest absolute Gasteiger partial charge is 0.0225 e. The Labute approximate surface area is 76.1 Å². The van der Waals surface area contributed by atoms with E-state index in [1.54, 1.807) is 0 Å². The van der Waals surface area contributed by atoms with E-state index < -0.39 is 0 Å². The van der Waals surface area contributed by atoms with Gasteiger partial charge in [0.1, 0.15) is 0 Å². The first-order valence-electron chi connectivity index (χ1n) is 5.42. The first-order valence-corrected chi connectivity index (χ1v) is 5.42. The van der Waals surface area contributed by atoms with Gasteiger partial charge in [0.15, 0.2) is 0 Å². The van der Waals surface area contributed by atoms with E-state index in [2.05, 4.69) is 26.0 Å². The molecule has 68 valence electrons. The van der Waals surface area contributed by atoms with Gasteiger partial charge in [-0.2, -0.15) is 0 Å². The van der Waals surface area contributed by atoms with E-state index in [9.17, 15) is 0 Å². The fraction of sp³-hybridized carbons (Fsp3) is 0.833. The average Bonchev–Trinajstić information content (AvgIpc) is 2.33. The lowest BCUT2D eigenvalue weighted by molar-refractivity contribution is 0.277. The molecule has 12 heavy (non-hydrogen) atoms. The minimum absolute atomic E-state index is 0.928. The van der Waals surface area contributed by atoms with Crippen LogP contribution in [0.15, 0.2) is 12.2 Å². The highest BCUT2D eigenvalue weighted by molar-refractivity contribution is 5.03. The Bertz CT molecular complexity index is 162. The summed E-state index contributed by atoms with van der Waals surface area (Å²) < 4.78 is 0. The van der Waals surface area contributed by atoms with E-state index in [1.165, 1.54) is 25.7 Å².